The quantitative estimate of drug-likeness (QED) is 0.0505. The Hall–Kier alpha value is -5.40. The zero-order chi connectivity index (χ0) is 51.9. The SMILES string of the molecule is CCCCCCC1(CCCCCC)c2ccccc2-c2ccc(N(c3ccc(-c4ccc(-c5sc(-c6cccs6)c6c5OCCO6)s4)cc3)c3ccc4c(c3)C(CCCCCC)(CCCCCC)c3ccccc3-4)cc21. The Balaban J connectivity index is 1.03. The van der Waals surface area contributed by atoms with Crippen LogP contribution in [0.2, 0.25) is 0 Å². The Kier molecular flexibility index (Phi) is 16.7. The van der Waals surface area contributed by atoms with E-state index in [-0.39, 0.29) is 10.8 Å². The predicted octanol–water partition coefficient (Wildman–Crippen LogP) is 22.5. The van der Waals surface area contributed by atoms with Crippen molar-refractivity contribution in [3.05, 3.63) is 161 Å². The molecule has 0 fully saturated rings. The number of rotatable bonds is 26. The molecule has 3 nitrogen and oxygen atoms in total. The number of thiophene rings is 3. The summed E-state index contributed by atoms with van der Waals surface area (Å²) in [6.07, 6.45) is 25.2. The maximum absolute atomic E-state index is 6.35. The summed E-state index contributed by atoms with van der Waals surface area (Å²) in [4.78, 5) is 8.64. The van der Waals surface area contributed by atoms with E-state index in [9.17, 15) is 0 Å². The lowest BCUT2D eigenvalue weighted by Gasteiger charge is -2.35. The van der Waals surface area contributed by atoms with Gasteiger partial charge < -0.3 is 14.4 Å². The van der Waals surface area contributed by atoms with E-state index in [0.29, 0.717) is 13.2 Å². The summed E-state index contributed by atoms with van der Waals surface area (Å²) in [5.41, 5.74) is 16.8. The number of benzene rings is 5. The van der Waals surface area contributed by atoms with Gasteiger partial charge in [-0.05, 0) is 136 Å². The van der Waals surface area contributed by atoms with Crippen molar-refractivity contribution in [2.75, 3.05) is 18.1 Å². The van der Waals surface area contributed by atoms with Crippen LogP contribution in [-0.4, -0.2) is 13.2 Å². The summed E-state index contributed by atoms with van der Waals surface area (Å²) in [6.45, 7) is 10.5. The molecular formula is C70H79NO2S3. The molecule has 0 bridgehead atoms. The fraction of sp³-hybridized carbons (Fsp3) is 0.400. The first-order valence-corrected chi connectivity index (χ1v) is 32.0. The van der Waals surface area contributed by atoms with Crippen molar-refractivity contribution in [1.82, 2.24) is 0 Å². The highest BCUT2D eigenvalue weighted by atomic mass is 32.1. The molecule has 2 aliphatic carbocycles. The second-order valence-corrected chi connectivity index (χ2v) is 25.1. The molecule has 3 aromatic heterocycles. The van der Waals surface area contributed by atoms with Crippen LogP contribution in [0.25, 0.3) is 52.2 Å². The molecule has 0 saturated carbocycles. The Labute approximate surface area is 467 Å². The number of fused-ring (bicyclic) bond motifs is 7. The van der Waals surface area contributed by atoms with E-state index < -0.39 is 0 Å². The van der Waals surface area contributed by atoms with Crippen molar-refractivity contribution >= 4 is 51.1 Å². The van der Waals surface area contributed by atoms with Gasteiger partial charge in [-0.3, -0.25) is 0 Å². The van der Waals surface area contributed by atoms with Gasteiger partial charge in [0, 0.05) is 42.5 Å². The van der Waals surface area contributed by atoms with Crippen LogP contribution in [0.5, 0.6) is 11.5 Å². The fourth-order valence-electron chi connectivity index (χ4n) is 13.4. The lowest BCUT2D eigenvalue weighted by molar-refractivity contribution is 0.175. The number of ether oxygens (including phenoxy) is 2. The Morgan fingerprint density at radius 2 is 0.842 bits per heavy atom. The third-order valence-corrected chi connectivity index (χ3v) is 20.7. The molecule has 5 aromatic carbocycles. The Morgan fingerprint density at radius 1 is 0.395 bits per heavy atom. The summed E-state index contributed by atoms with van der Waals surface area (Å²) in [5.74, 6) is 1.79. The number of anilines is 3. The molecule has 76 heavy (non-hydrogen) atoms. The standard InChI is InChI=1S/C70H79NO2S3/c1-5-9-13-21-41-69(42-22-14-10-6-2)58-28-19-17-26-54(58)56-37-35-52(48-60(56)69)71(53-36-38-57-55-27-18-20-29-59(55)70(61(57)49-53,43-23-15-11-7-3)44-24-16-12-8-4)51-33-31-50(32-34-51)62-39-40-64(75-62)68-66-65(72-45-46-73-66)67(76-68)63-30-25-47-74-63/h17-20,25-40,47-49H,5-16,21-24,41-46H2,1-4H3. The van der Waals surface area contributed by atoms with Gasteiger partial charge in [0.25, 0.3) is 0 Å². The van der Waals surface area contributed by atoms with E-state index in [0.717, 1.165) is 16.4 Å². The largest absolute Gasteiger partial charge is 0.485 e. The third kappa shape index (κ3) is 10.2. The molecule has 1 aliphatic heterocycles. The molecule has 8 aromatic rings. The van der Waals surface area contributed by atoms with Crippen LogP contribution >= 0.6 is 34.0 Å². The smallest absolute Gasteiger partial charge is 0.181 e. The Morgan fingerprint density at radius 3 is 1.32 bits per heavy atom. The van der Waals surface area contributed by atoms with Gasteiger partial charge in [0.1, 0.15) is 13.2 Å². The molecule has 4 heterocycles. The maximum Gasteiger partial charge on any atom is 0.181 e. The van der Waals surface area contributed by atoms with Crippen molar-refractivity contribution < 1.29 is 9.47 Å². The van der Waals surface area contributed by atoms with Crippen LogP contribution < -0.4 is 14.4 Å². The minimum absolute atomic E-state index is 0.00888. The van der Waals surface area contributed by atoms with Gasteiger partial charge in [0.2, 0.25) is 0 Å². The Bertz CT molecular complexity index is 3040. The summed E-state index contributed by atoms with van der Waals surface area (Å²) < 4.78 is 12.6. The van der Waals surface area contributed by atoms with E-state index in [2.05, 4.69) is 171 Å². The monoisotopic (exact) mass is 1060 g/mol. The molecule has 11 rings (SSSR count). The zero-order valence-corrected chi connectivity index (χ0v) is 48.3. The summed E-state index contributed by atoms with van der Waals surface area (Å²) >= 11 is 5.40. The fourth-order valence-corrected chi connectivity index (χ4v) is 16.6. The van der Waals surface area contributed by atoms with Crippen LogP contribution in [0.3, 0.4) is 0 Å². The van der Waals surface area contributed by atoms with Gasteiger partial charge in [-0.25, -0.2) is 0 Å². The van der Waals surface area contributed by atoms with Crippen LogP contribution in [0.15, 0.2) is 139 Å². The summed E-state index contributed by atoms with van der Waals surface area (Å²) in [5, 5.41) is 2.14. The molecule has 0 saturated heterocycles. The van der Waals surface area contributed by atoms with Gasteiger partial charge in [0.15, 0.2) is 11.5 Å². The molecule has 0 unspecified atom stereocenters. The molecule has 0 spiro atoms. The summed E-state index contributed by atoms with van der Waals surface area (Å²) in [7, 11) is 0. The first kappa shape index (κ1) is 52.6. The number of nitrogens with zero attached hydrogens (tertiary/aromatic N) is 1. The van der Waals surface area contributed by atoms with Crippen LogP contribution in [0.1, 0.15) is 178 Å². The molecule has 0 atom stereocenters. The highest BCUT2D eigenvalue weighted by Gasteiger charge is 2.44. The number of unbranched alkanes of at least 4 members (excludes halogenated alkanes) is 12. The van der Waals surface area contributed by atoms with Gasteiger partial charge in [-0.2, -0.15) is 0 Å². The molecule has 0 N–H and O–H groups in total. The average molecular weight is 1060 g/mol. The summed E-state index contributed by atoms with van der Waals surface area (Å²) in [6, 6.07) is 52.5. The van der Waals surface area contributed by atoms with E-state index in [1.54, 1.807) is 33.8 Å². The van der Waals surface area contributed by atoms with Crippen molar-refractivity contribution in [1.29, 1.82) is 0 Å². The lowest BCUT2D eigenvalue weighted by atomic mass is 9.70. The first-order valence-electron chi connectivity index (χ1n) is 29.5. The third-order valence-electron chi connectivity index (χ3n) is 17.2. The minimum atomic E-state index is -0.00888. The van der Waals surface area contributed by atoms with E-state index >= 15 is 0 Å². The van der Waals surface area contributed by atoms with Crippen molar-refractivity contribution in [3.8, 4) is 63.7 Å². The molecule has 6 heteroatoms. The van der Waals surface area contributed by atoms with Crippen molar-refractivity contribution in [3.63, 3.8) is 0 Å². The predicted molar refractivity (Wildman–Crippen MR) is 330 cm³/mol. The van der Waals surface area contributed by atoms with E-state index in [1.807, 2.05) is 11.3 Å². The van der Waals surface area contributed by atoms with Gasteiger partial charge >= 0.3 is 0 Å². The van der Waals surface area contributed by atoms with Crippen LogP contribution in [0.4, 0.5) is 17.1 Å². The normalized spacial score (nSPS) is 14.4. The second kappa shape index (κ2) is 24.1. The van der Waals surface area contributed by atoms with Crippen LogP contribution in [-0.2, 0) is 10.8 Å². The van der Waals surface area contributed by atoms with Crippen molar-refractivity contribution in [2.45, 2.75) is 167 Å². The molecule has 3 aliphatic rings. The van der Waals surface area contributed by atoms with E-state index in [1.165, 1.54) is 204 Å². The van der Waals surface area contributed by atoms with Gasteiger partial charge in [0.05, 0.1) is 9.75 Å². The number of hydrogen-bond donors (Lipinski definition) is 0. The molecule has 394 valence electrons. The van der Waals surface area contributed by atoms with Crippen LogP contribution in [0, 0.1) is 0 Å². The zero-order valence-electron chi connectivity index (χ0n) is 45.8. The maximum atomic E-state index is 6.35. The van der Waals surface area contributed by atoms with Crippen molar-refractivity contribution in [2.24, 2.45) is 0 Å². The minimum Gasteiger partial charge on any atom is -0.485 e. The van der Waals surface area contributed by atoms with E-state index in [4.69, 9.17) is 9.47 Å². The number of hydrogen-bond acceptors (Lipinski definition) is 6. The topological polar surface area (TPSA) is 21.7 Å². The highest BCUT2D eigenvalue weighted by molar-refractivity contribution is 7.27. The average Bonchev–Trinajstić information content (AvgIpc) is 4.48. The first-order chi connectivity index (χ1) is 37.5. The molecule has 0 radical (unpaired) electrons. The lowest BCUT2D eigenvalue weighted by Crippen LogP contribution is -2.26. The van der Waals surface area contributed by atoms with Gasteiger partial charge in [-0.15, -0.1) is 34.0 Å². The second-order valence-electron chi connectivity index (χ2n) is 22.1. The van der Waals surface area contributed by atoms with Gasteiger partial charge in [-0.1, -0.05) is 209 Å². The molecule has 0 amide bonds. The molecular weight excluding hydrogens is 983 g/mol. The highest BCUT2D eigenvalue weighted by Crippen LogP contribution is 2.59.